The lowest BCUT2D eigenvalue weighted by Crippen LogP contribution is -2.28. The number of hydrogen-bond donors (Lipinski definition) is 0. The highest BCUT2D eigenvalue weighted by Gasteiger charge is 2.56. The van der Waals surface area contributed by atoms with Crippen LogP contribution in [0, 0.1) is 0 Å². The smallest absolute Gasteiger partial charge is 0.238 e. The van der Waals surface area contributed by atoms with Crippen LogP contribution in [-0.2, 0) is 18.5 Å². The number of hydrogen-bond acceptors (Lipinski definition) is 4. The Hall–Kier alpha value is 0.160. The number of ether oxygens (including phenoxy) is 2. The lowest BCUT2D eigenvalue weighted by Gasteiger charge is -2.19. The van der Waals surface area contributed by atoms with Crippen LogP contribution in [0.25, 0.3) is 0 Å². The van der Waals surface area contributed by atoms with Crippen LogP contribution in [0.15, 0.2) is 0 Å². The van der Waals surface area contributed by atoms with E-state index < -0.39 is 19.6 Å². The minimum atomic E-state index is -3.48. The van der Waals surface area contributed by atoms with Crippen molar-refractivity contribution >= 4 is 19.7 Å². The topological polar surface area (TPSA) is 52.6 Å². The van der Waals surface area contributed by atoms with E-state index in [0.29, 0.717) is 25.9 Å². The van der Waals surface area contributed by atoms with E-state index in [2.05, 4.69) is 0 Å². The fraction of sp³-hybridized carbons (Fsp3) is 1.00. The van der Waals surface area contributed by atoms with Gasteiger partial charge in [-0.1, -0.05) is 0 Å². The predicted octanol–water partition coefficient (Wildman–Crippen LogP) is 1.63. The number of halogens is 1. The van der Waals surface area contributed by atoms with Crippen molar-refractivity contribution < 1.29 is 17.9 Å². The maximum Gasteiger partial charge on any atom is 0.238 e. The first kappa shape index (κ1) is 11.6. The molecule has 0 aromatic heterocycles. The van der Waals surface area contributed by atoms with Gasteiger partial charge in [-0.15, -0.1) is 0 Å². The van der Waals surface area contributed by atoms with Crippen LogP contribution in [-0.4, -0.2) is 31.7 Å². The van der Waals surface area contributed by atoms with Crippen molar-refractivity contribution in [2.24, 2.45) is 0 Å². The second-order valence-electron chi connectivity index (χ2n) is 4.78. The average molecular weight is 255 g/mol. The van der Waals surface area contributed by atoms with Gasteiger partial charge in [0, 0.05) is 10.7 Å². The SMILES string of the molecule is CC1(C)OC[C@H](CC2(S(=O)(=O)Cl)CC2)O1. The molecule has 6 heteroatoms. The van der Waals surface area contributed by atoms with Crippen molar-refractivity contribution in [3.05, 3.63) is 0 Å². The summed E-state index contributed by atoms with van der Waals surface area (Å²) >= 11 is 0. The molecule has 0 unspecified atom stereocenters. The third-order valence-corrected chi connectivity index (χ3v) is 5.58. The molecule has 88 valence electrons. The van der Waals surface area contributed by atoms with Gasteiger partial charge < -0.3 is 9.47 Å². The summed E-state index contributed by atoms with van der Waals surface area (Å²) in [4.78, 5) is 0. The minimum absolute atomic E-state index is 0.156. The van der Waals surface area contributed by atoms with E-state index in [9.17, 15) is 8.42 Å². The molecule has 2 rings (SSSR count). The monoisotopic (exact) mass is 254 g/mol. The highest BCUT2D eigenvalue weighted by Crippen LogP contribution is 2.50. The lowest BCUT2D eigenvalue weighted by molar-refractivity contribution is -0.139. The molecule has 15 heavy (non-hydrogen) atoms. The Labute approximate surface area is 94.3 Å². The zero-order chi connectivity index (χ0) is 11.3. The van der Waals surface area contributed by atoms with Gasteiger partial charge in [0.15, 0.2) is 5.79 Å². The molecule has 0 aromatic rings. The Kier molecular flexibility index (Phi) is 2.58. The average Bonchev–Trinajstić information content (AvgIpc) is 2.73. The van der Waals surface area contributed by atoms with Gasteiger partial charge in [-0.05, 0) is 33.1 Å². The quantitative estimate of drug-likeness (QED) is 0.719. The molecule has 1 heterocycles. The first-order chi connectivity index (χ1) is 6.74. The fourth-order valence-corrected chi connectivity index (χ4v) is 3.59. The van der Waals surface area contributed by atoms with Crippen molar-refractivity contribution in [3.8, 4) is 0 Å². The van der Waals surface area contributed by atoms with Gasteiger partial charge in [0.1, 0.15) is 0 Å². The van der Waals surface area contributed by atoms with E-state index in [1.54, 1.807) is 0 Å². The van der Waals surface area contributed by atoms with Crippen LogP contribution < -0.4 is 0 Å². The maximum absolute atomic E-state index is 11.3. The highest BCUT2D eigenvalue weighted by molar-refractivity contribution is 8.15. The van der Waals surface area contributed by atoms with Crippen molar-refractivity contribution in [3.63, 3.8) is 0 Å². The second-order valence-corrected chi connectivity index (χ2v) is 7.74. The molecule has 1 aliphatic heterocycles. The molecule has 1 aliphatic carbocycles. The van der Waals surface area contributed by atoms with Crippen molar-refractivity contribution in [1.82, 2.24) is 0 Å². The summed E-state index contributed by atoms with van der Waals surface area (Å²) in [7, 11) is 1.93. The molecule has 2 aliphatic rings. The van der Waals surface area contributed by atoms with Crippen molar-refractivity contribution in [1.29, 1.82) is 0 Å². The molecule has 0 amide bonds. The molecule has 1 saturated carbocycles. The summed E-state index contributed by atoms with van der Waals surface area (Å²) in [6.45, 7) is 4.09. The van der Waals surface area contributed by atoms with Gasteiger partial charge in [-0.2, -0.15) is 0 Å². The van der Waals surface area contributed by atoms with E-state index >= 15 is 0 Å². The van der Waals surface area contributed by atoms with Gasteiger partial charge in [0.2, 0.25) is 9.05 Å². The van der Waals surface area contributed by atoms with Gasteiger partial charge in [0.25, 0.3) is 0 Å². The van der Waals surface area contributed by atoms with Crippen LogP contribution in [0.1, 0.15) is 33.1 Å². The van der Waals surface area contributed by atoms with E-state index in [1.165, 1.54) is 0 Å². The Morgan fingerprint density at radius 3 is 2.33 bits per heavy atom. The van der Waals surface area contributed by atoms with Gasteiger partial charge in [-0.3, -0.25) is 0 Å². The summed E-state index contributed by atoms with van der Waals surface area (Å²) in [6, 6.07) is 0. The third kappa shape index (κ3) is 2.30. The van der Waals surface area contributed by atoms with Crippen LogP contribution in [0.2, 0.25) is 0 Å². The summed E-state index contributed by atoms with van der Waals surface area (Å²) in [6.07, 6.45) is 1.57. The summed E-state index contributed by atoms with van der Waals surface area (Å²) in [5, 5.41) is 0. The molecule has 4 nitrogen and oxygen atoms in total. The Balaban J connectivity index is 2.00. The zero-order valence-electron chi connectivity index (χ0n) is 8.82. The molecule has 0 radical (unpaired) electrons. The Bertz CT molecular complexity index is 358. The van der Waals surface area contributed by atoms with Gasteiger partial charge in [-0.25, -0.2) is 8.42 Å². The van der Waals surface area contributed by atoms with Gasteiger partial charge >= 0.3 is 0 Å². The maximum atomic E-state index is 11.3. The zero-order valence-corrected chi connectivity index (χ0v) is 10.4. The molecular formula is C9H15ClO4S. The van der Waals surface area contributed by atoms with Crippen LogP contribution in [0.4, 0.5) is 0 Å². The molecule has 1 atom stereocenters. The van der Waals surface area contributed by atoms with Gasteiger partial charge in [0.05, 0.1) is 17.5 Å². The first-order valence-corrected chi connectivity index (χ1v) is 7.31. The number of rotatable bonds is 3. The molecule has 0 N–H and O–H groups in total. The first-order valence-electron chi connectivity index (χ1n) is 5.00. The van der Waals surface area contributed by atoms with E-state index in [0.717, 1.165) is 0 Å². The molecule has 0 spiro atoms. The summed E-state index contributed by atoms with van der Waals surface area (Å²) < 4.78 is 32.9. The van der Waals surface area contributed by atoms with Crippen molar-refractivity contribution in [2.75, 3.05) is 6.61 Å². The molecule has 2 fully saturated rings. The molecule has 1 saturated heterocycles. The van der Waals surface area contributed by atoms with Crippen molar-refractivity contribution in [2.45, 2.75) is 49.7 Å². The third-order valence-electron chi connectivity index (χ3n) is 2.99. The highest BCUT2D eigenvalue weighted by atomic mass is 35.7. The van der Waals surface area contributed by atoms with Crippen LogP contribution in [0.5, 0.6) is 0 Å². The molecule has 0 bridgehead atoms. The fourth-order valence-electron chi connectivity index (χ4n) is 1.97. The van der Waals surface area contributed by atoms with E-state index in [4.69, 9.17) is 20.2 Å². The van der Waals surface area contributed by atoms with Crippen LogP contribution in [0.3, 0.4) is 0 Å². The second kappa shape index (κ2) is 3.32. The van der Waals surface area contributed by atoms with E-state index in [-0.39, 0.29) is 6.10 Å². The summed E-state index contributed by atoms with van der Waals surface area (Å²) in [5.41, 5.74) is 0. The normalized spacial score (nSPS) is 32.9. The largest absolute Gasteiger partial charge is 0.348 e. The summed E-state index contributed by atoms with van der Waals surface area (Å²) in [5.74, 6) is -0.600. The van der Waals surface area contributed by atoms with E-state index in [1.807, 2.05) is 13.8 Å². The molecular weight excluding hydrogens is 240 g/mol. The Morgan fingerprint density at radius 2 is 2.00 bits per heavy atom. The molecule has 0 aromatic carbocycles. The lowest BCUT2D eigenvalue weighted by atomic mass is 10.2. The van der Waals surface area contributed by atoms with Crippen LogP contribution >= 0.6 is 10.7 Å². The Morgan fingerprint density at radius 1 is 1.40 bits per heavy atom. The predicted molar refractivity (Wildman–Crippen MR) is 56.3 cm³/mol. The minimum Gasteiger partial charge on any atom is -0.348 e. The standard InChI is InChI=1S/C9H15ClO4S/c1-8(2)13-6-7(14-8)5-9(3-4-9)15(10,11)12/h7H,3-6H2,1-2H3/t7-/m0/s1.